The van der Waals surface area contributed by atoms with Gasteiger partial charge < -0.3 is 29.2 Å². The monoisotopic (exact) mass is 451 g/mol. The van der Waals surface area contributed by atoms with Gasteiger partial charge in [-0.1, -0.05) is 24.3 Å². The molecule has 1 aliphatic rings. The Kier molecular flexibility index (Phi) is 6.60. The zero-order valence-corrected chi connectivity index (χ0v) is 18.4. The van der Waals surface area contributed by atoms with Crippen molar-refractivity contribution < 1.29 is 28.6 Å². The van der Waals surface area contributed by atoms with Crippen molar-refractivity contribution in [3.63, 3.8) is 0 Å². The van der Waals surface area contributed by atoms with Crippen LogP contribution in [0.5, 0.6) is 11.5 Å². The molecule has 1 saturated heterocycles. The Bertz CT molecular complexity index is 1110. The first-order chi connectivity index (χ1) is 16.0. The highest BCUT2D eigenvalue weighted by molar-refractivity contribution is 5.98. The molecule has 2 N–H and O–H groups in total. The molecule has 1 fully saturated rings. The van der Waals surface area contributed by atoms with Crippen LogP contribution in [0.2, 0.25) is 0 Å². The molecule has 33 heavy (non-hydrogen) atoms. The molecule has 0 unspecified atom stereocenters. The van der Waals surface area contributed by atoms with Crippen molar-refractivity contribution in [3.8, 4) is 22.8 Å². The smallest absolute Gasteiger partial charge is 0.254 e. The second-order valence-electron chi connectivity index (χ2n) is 7.71. The van der Waals surface area contributed by atoms with E-state index in [-0.39, 0.29) is 24.8 Å². The minimum atomic E-state index is -0.772. The Hall–Kier alpha value is -3.85. The van der Waals surface area contributed by atoms with E-state index in [4.69, 9.17) is 13.9 Å². The summed E-state index contributed by atoms with van der Waals surface area (Å²) in [6.45, 7) is 0.373. The first-order valence-corrected chi connectivity index (χ1v) is 10.5. The molecule has 9 heteroatoms. The van der Waals surface area contributed by atoms with Crippen molar-refractivity contribution in [1.82, 2.24) is 15.2 Å². The zero-order valence-electron chi connectivity index (χ0n) is 18.4. The molecule has 0 radical (unpaired) electrons. The molecule has 4 rings (SSSR count). The van der Waals surface area contributed by atoms with Gasteiger partial charge in [0, 0.05) is 30.6 Å². The van der Waals surface area contributed by atoms with Gasteiger partial charge in [0.2, 0.25) is 5.91 Å². The number of ether oxygens (including phenoxy) is 2. The number of aliphatic hydroxyl groups is 1. The molecule has 0 saturated carbocycles. The molecule has 172 valence electrons. The summed E-state index contributed by atoms with van der Waals surface area (Å²) >= 11 is 0. The number of likely N-dealkylation sites (tertiary alicyclic amines) is 1. The first-order valence-electron chi connectivity index (χ1n) is 10.5. The summed E-state index contributed by atoms with van der Waals surface area (Å²) in [6, 6.07) is 11.6. The van der Waals surface area contributed by atoms with Crippen molar-refractivity contribution in [3.05, 3.63) is 66.2 Å². The Labute approximate surface area is 190 Å². The number of aliphatic hydroxyl groups excluding tert-OH is 1. The van der Waals surface area contributed by atoms with Gasteiger partial charge in [0.15, 0.2) is 23.7 Å². The number of carbonyl (C=O) groups excluding carboxylic acids is 2. The highest BCUT2D eigenvalue weighted by Crippen LogP contribution is 2.29. The number of methoxy groups -OCH3 is 2. The minimum absolute atomic E-state index is 0.0805. The lowest BCUT2D eigenvalue weighted by molar-refractivity contribution is -0.125. The maximum Gasteiger partial charge on any atom is 0.254 e. The number of nitrogens with zero attached hydrogens (tertiary/aromatic N) is 2. The van der Waals surface area contributed by atoms with E-state index in [1.807, 2.05) is 24.3 Å². The number of carbonyl (C=O) groups is 2. The highest BCUT2D eigenvalue weighted by atomic mass is 16.5. The standard InChI is InChI=1S/C24H25N3O6/c1-31-20-8-7-17(9-21(20)32-2)24(30)27-13-18(28)10-19(27)23(29)26-11-15-3-5-16(6-4-15)22-12-25-14-33-22/h3-9,12,14,18-19,28H,10-11,13H2,1-2H3,(H,26,29)/t18-,19+/m1/s1. The molecule has 9 nitrogen and oxygen atoms in total. The van der Waals surface area contributed by atoms with E-state index in [1.54, 1.807) is 24.4 Å². The van der Waals surface area contributed by atoms with Crippen LogP contribution in [-0.2, 0) is 11.3 Å². The molecular weight excluding hydrogens is 426 g/mol. The minimum Gasteiger partial charge on any atom is -0.493 e. The Morgan fingerprint density at radius 2 is 1.91 bits per heavy atom. The van der Waals surface area contributed by atoms with Gasteiger partial charge in [-0.2, -0.15) is 0 Å². The van der Waals surface area contributed by atoms with E-state index < -0.39 is 12.1 Å². The summed E-state index contributed by atoms with van der Waals surface area (Å²) in [5, 5.41) is 13.0. The quantitative estimate of drug-likeness (QED) is 0.566. The van der Waals surface area contributed by atoms with Crippen molar-refractivity contribution in [2.24, 2.45) is 0 Å². The van der Waals surface area contributed by atoms with Crippen LogP contribution in [0.1, 0.15) is 22.3 Å². The predicted octanol–water partition coefficient (Wildman–Crippen LogP) is 2.25. The maximum atomic E-state index is 13.1. The van der Waals surface area contributed by atoms with Crippen LogP contribution in [-0.4, -0.2) is 59.7 Å². The summed E-state index contributed by atoms with van der Waals surface area (Å²) in [6.07, 6.45) is 2.40. The molecule has 0 spiro atoms. The second kappa shape index (κ2) is 9.74. The lowest BCUT2D eigenvalue weighted by Gasteiger charge is -2.24. The van der Waals surface area contributed by atoms with E-state index in [1.165, 1.54) is 25.5 Å². The molecule has 2 aromatic carbocycles. The van der Waals surface area contributed by atoms with Crippen molar-refractivity contribution >= 4 is 11.8 Å². The average molecular weight is 451 g/mol. The third kappa shape index (κ3) is 4.83. The van der Waals surface area contributed by atoms with E-state index in [0.717, 1.165) is 11.1 Å². The maximum absolute atomic E-state index is 13.1. The van der Waals surface area contributed by atoms with Crippen LogP contribution < -0.4 is 14.8 Å². The summed E-state index contributed by atoms with van der Waals surface area (Å²) < 4.78 is 15.8. The van der Waals surface area contributed by atoms with Gasteiger partial charge in [0.1, 0.15) is 6.04 Å². The summed E-state index contributed by atoms with van der Waals surface area (Å²) in [5.41, 5.74) is 2.12. The predicted molar refractivity (Wildman–Crippen MR) is 119 cm³/mol. The molecular formula is C24H25N3O6. The number of amides is 2. The Morgan fingerprint density at radius 1 is 1.15 bits per heavy atom. The zero-order chi connectivity index (χ0) is 23.4. The van der Waals surface area contributed by atoms with Gasteiger partial charge in [-0.25, -0.2) is 4.98 Å². The molecule has 2 amide bonds. The number of aromatic nitrogens is 1. The average Bonchev–Trinajstić information content (AvgIpc) is 3.52. The molecule has 1 aliphatic heterocycles. The fourth-order valence-corrected chi connectivity index (χ4v) is 3.87. The Balaban J connectivity index is 1.42. The second-order valence-corrected chi connectivity index (χ2v) is 7.71. The molecule has 2 atom stereocenters. The fraction of sp³-hybridized carbons (Fsp3) is 0.292. The Morgan fingerprint density at radius 3 is 2.58 bits per heavy atom. The first kappa shape index (κ1) is 22.3. The van der Waals surface area contributed by atoms with Crippen LogP contribution in [0, 0.1) is 0 Å². The number of rotatable bonds is 7. The van der Waals surface area contributed by atoms with E-state index in [0.29, 0.717) is 29.4 Å². The highest BCUT2D eigenvalue weighted by Gasteiger charge is 2.39. The molecule has 3 aromatic rings. The van der Waals surface area contributed by atoms with Gasteiger partial charge in [-0.3, -0.25) is 9.59 Å². The number of oxazole rings is 1. The molecule has 0 bridgehead atoms. The normalized spacial score (nSPS) is 17.6. The number of β-amino-alcohol motifs (C(OH)–C–C–N with tert-alkyl or cyclic N) is 1. The van der Waals surface area contributed by atoms with Crippen LogP contribution in [0.25, 0.3) is 11.3 Å². The molecule has 2 heterocycles. The van der Waals surface area contributed by atoms with Gasteiger partial charge in [-0.05, 0) is 23.8 Å². The lowest BCUT2D eigenvalue weighted by atomic mass is 10.1. The van der Waals surface area contributed by atoms with Gasteiger partial charge in [-0.15, -0.1) is 0 Å². The SMILES string of the molecule is COc1ccc(C(=O)N2C[C@H](O)C[C@H]2C(=O)NCc2ccc(-c3cnco3)cc2)cc1OC. The number of hydrogen-bond acceptors (Lipinski definition) is 7. The number of benzene rings is 2. The number of nitrogens with one attached hydrogen (secondary N) is 1. The van der Waals surface area contributed by atoms with E-state index in [9.17, 15) is 14.7 Å². The van der Waals surface area contributed by atoms with E-state index >= 15 is 0 Å². The van der Waals surface area contributed by atoms with Crippen LogP contribution in [0.3, 0.4) is 0 Å². The van der Waals surface area contributed by atoms with Crippen molar-refractivity contribution in [2.75, 3.05) is 20.8 Å². The van der Waals surface area contributed by atoms with Gasteiger partial charge >= 0.3 is 0 Å². The summed E-state index contributed by atoms with van der Waals surface area (Å²) in [4.78, 5) is 31.3. The van der Waals surface area contributed by atoms with Crippen LogP contribution >= 0.6 is 0 Å². The van der Waals surface area contributed by atoms with Crippen molar-refractivity contribution in [1.29, 1.82) is 0 Å². The van der Waals surface area contributed by atoms with Crippen LogP contribution in [0.4, 0.5) is 0 Å². The molecule has 0 aliphatic carbocycles. The topological polar surface area (TPSA) is 114 Å². The summed E-state index contributed by atoms with van der Waals surface area (Å²) in [5.74, 6) is 0.899. The third-order valence-corrected chi connectivity index (χ3v) is 5.61. The lowest BCUT2D eigenvalue weighted by Crippen LogP contribution is -2.45. The largest absolute Gasteiger partial charge is 0.493 e. The van der Waals surface area contributed by atoms with Crippen molar-refractivity contribution in [2.45, 2.75) is 25.1 Å². The summed E-state index contributed by atoms with van der Waals surface area (Å²) in [7, 11) is 3.00. The van der Waals surface area contributed by atoms with E-state index in [2.05, 4.69) is 10.3 Å². The fourth-order valence-electron chi connectivity index (χ4n) is 3.87. The molecule has 1 aromatic heterocycles. The van der Waals surface area contributed by atoms with Gasteiger partial charge in [0.05, 0.1) is 26.5 Å². The number of hydrogen-bond donors (Lipinski definition) is 2. The van der Waals surface area contributed by atoms with Gasteiger partial charge in [0.25, 0.3) is 5.91 Å². The third-order valence-electron chi connectivity index (χ3n) is 5.61. The van der Waals surface area contributed by atoms with Crippen LogP contribution in [0.15, 0.2) is 59.5 Å².